The molecule has 0 fully saturated rings. The first kappa shape index (κ1) is 24.1. The van der Waals surface area contributed by atoms with Gasteiger partial charge in [-0.25, -0.2) is 9.98 Å². The zero-order valence-corrected chi connectivity index (χ0v) is 20.7. The molecule has 3 rings (SSSR count). The van der Waals surface area contributed by atoms with Crippen molar-refractivity contribution < 1.29 is 4.74 Å². The Hall–Kier alpha value is -2.20. The Balaban J connectivity index is 0.00000320. The first-order valence-electron chi connectivity index (χ1n) is 9.70. The molecule has 2 heterocycles. The number of nitrogens with one attached hydrogen (secondary N) is 2. The lowest BCUT2D eigenvalue weighted by atomic mass is 10.2. The van der Waals surface area contributed by atoms with Crippen LogP contribution in [-0.4, -0.2) is 22.5 Å². The molecule has 0 unspecified atom stereocenters. The highest BCUT2D eigenvalue weighted by atomic mass is 127. The van der Waals surface area contributed by atoms with Crippen molar-refractivity contribution in [3.63, 3.8) is 0 Å². The van der Waals surface area contributed by atoms with Gasteiger partial charge in [0.05, 0.1) is 29.5 Å². The molecule has 6 nitrogen and oxygen atoms in total. The second kappa shape index (κ2) is 12.5. The molecule has 0 spiro atoms. The number of ether oxygens (including phenoxy) is 1. The molecule has 160 valence electrons. The summed E-state index contributed by atoms with van der Waals surface area (Å²) in [5, 5.41) is 7.77. The van der Waals surface area contributed by atoms with Gasteiger partial charge in [-0.3, -0.25) is 4.98 Å². The number of halogens is 1. The minimum Gasteiger partial charge on any atom is -0.487 e. The topological polar surface area (TPSA) is 71.4 Å². The predicted octanol–water partition coefficient (Wildman–Crippen LogP) is 4.61. The van der Waals surface area contributed by atoms with Crippen LogP contribution in [0.3, 0.4) is 0 Å². The SMILES string of the molecule is CCNC(=NCc1cccc(OCc2ccccn2)c1)NCc1sc(C)nc1C.I. The van der Waals surface area contributed by atoms with Crippen LogP contribution in [0.2, 0.25) is 0 Å². The summed E-state index contributed by atoms with van der Waals surface area (Å²) < 4.78 is 5.86. The molecule has 0 aliphatic rings. The van der Waals surface area contributed by atoms with Gasteiger partial charge >= 0.3 is 0 Å². The van der Waals surface area contributed by atoms with E-state index in [9.17, 15) is 0 Å². The van der Waals surface area contributed by atoms with E-state index in [1.807, 2.05) is 50.2 Å². The summed E-state index contributed by atoms with van der Waals surface area (Å²) in [5.74, 6) is 1.61. The van der Waals surface area contributed by atoms with E-state index in [1.54, 1.807) is 17.5 Å². The Bertz CT molecular complexity index is 946. The number of hydrogen-bond donors (Lipinski definition) is 2. The number of rotatable bonds is 8. The molecular formula is C22H28IN5OS. The third-order valence-electron chi connectivity index (χ3n) is 4.19. The molecule has 0 saturated heterocycles. The predicted molar refractivity (Wildman–Crippen MR) is 134 cm³/mol. The molecule has 8 heteroatoms. The lowest BCUT2D eigenvalue weighted by Crippen LogP contribution is -2.36. The van der Waals surface area contributed by atoms with Crippen molar-refractivity contribution in [3.05, 3.63) is 75.5 Å². The van der Waals surface area contributed by atoms with Crippen LogP contribution in [0.1, 0.15) is 33.8 Å². The van der Waals surface area contributed by atoms with E-state index in [0.29, 0.717) is 13.2 Å². The van der Waals surface area contributed by atoms with E-state index >= 15 is 0 Å². The Morgan fingerprint density at radius 3 is 2.70 bits per heavy atom. The number of pyridine rings is 1. The average Bonchev–Trinajstić information content (AvgIpc) is 3.06. The van der Waals surface area contributed by atoms with Crippen LogP contribution in [0.4, 0.5) is 0 Å². The Morgan fingerprint density at radius 1 is 1.13 bits per heavy atom. The van der Waals surface area contributed by atoms with E-state index in [2.05, 4.69) is 33.6 Å². The maximum atomic E-state index is 5.86. The van der Waals surface area contributed by atoms with Crippen LogP contribution < -0.4 is 15.4 Å². The van der Waals surface area contributed by atoms with Crippen LogP contribution in [0.25, 0.3) is 0 Å². The molecule has 2 N–H and O–H groups in total. The molecule has 0 radical (unpaired) electrons. The molecule has 0 aliphatic carbocycles. The Labute approximate surface area is 199 Å². The zero-order chi connectivity index (χ0) is 20.5. The summed E-state index contributed by atoms with van der Waals surface area (Å²) in [6.45, 7) is 8.67. The van der Waals surface area contributed by atoms with Crippen molar-refractivity contribution in [2.24, 2.45) is 4.99 Å². The molecule has 3 aromatic rings. The van der Waals surface area contributed by atoms with Crippen molar-refractivity contribution in [2.75, 3.05) is 6.54 Å². The van der Waals surface area contributed by atoms with Gasteiger partial charge in [0.1, 0.15) is 12.4 Å². The number of aryl methyl sites for hydroxylation is 2. The summed E-state index contributed by atoms with van der Waals surface area (Å²) in [5.41, 5.74) is 3.07. The van der Waals surface area contributed by atoms with Crippen molar-refractivity contribution in [1.82, 2.24) is 20.6 Å². The van der Waals surface area contributed by atoms with Gasteiger partial charge in [-0.05, 0) is 50.6 Å². The van der Waals surface area contributed by atoms with Gasteiger partial charge < -0.3 is 15.4 Å². The first-order valence-corrected chi connectivity index (χ1v) is 10.5. The quantitative estimate of drug-likeness (QED) is 0.250. The van der Waals surface area contributed by atoms with Gasteiger partial charge in [0.25, 0.3) is 0 Å². The van der Waals surface area contributed by atoms with Gasteiger partial charge in [-0.1, -0.05) is 18.2 Å². The van der Waals surface area contributed by atoms with Crippen LogP contribution >= 0.6 is 35.3 Å². The largest absolute Gasteiger partial charge is 0.487 e. The maximum Gasteiger partial charge on any atom is 0.191 e. The molecule has 0 atom stereocenters. The minimum absolute atomic E-state index is 0. The monoisotopic (exact) mass is 537 g/mol. The van der Waals surface area contributed by atoms with Gasteiger partial charge in [-0.15, -0.1) is 35.3 Å². The van der Waals surface area contributed by atoms with Crippen molar-refractivity contribution >= 4 is 41.3 Å². The van der Waals surface area contributed by atoms with E-state index < -0.39 is 0 Å². The number of nitrogens with zero attached hydrogens (tertiary/aromatic N) is 3. The number of guanidine groups is 1. The highest BCUT2D eigenvalue weighted by molar-refractivity contribution is 14.0. The second-order valence-corrected chi connectivity index (χ2v) is 7.84. The third-order valence-corrected chi connectivity index (χ3v) is 5.26. The summed E-state index contributed by atoms with van der Waals surface area (Å²) in [6, 6.07) is 13.8. The molecule has 0 amide bonds. The fraction of sp³-hybridized carbons (Fsp3) is 0.318. The van der Waals surface area contributed by atoms with E-state index in [1.165, 1.54) is 4.88 Å². The molecule has 0 aliphatic heterocycles. The van der Waals surface area contributed by atoms with E-state index in [4.69, 9.17) is 9.73 Å². The molecular weight excluding hydrogens is 509 g/mol. The van der Waals surface area contributed by atoms with Crippen molar-refractivity contribution in [3.8, 4) is 5.75 Å². The van der Waals surface area contributed by atoms with E-state index in [0.717, 1.165) is 46.8 Å². The number of thiazole rings is 1. The molecule has 0 saturated carbocycles. The van der Waals surface area contributed by atoms with Gasteiger partial charge in [0.15, 0.2) is 5.96 Å². The summed E-state index contributed by atoms with van der Waals surface area (Å²) >= 11 is 1.72. The van der Waals surface area contributed by atoms with Gasteiger partial charge in [-0.2, -0.15) is 0 Å². The maximum absolute atomic E-state index is 5.86. The second-order valence-electron chi connectivity index (χ2n) is 6.55. The van der Waals surface area contributed by atoms with Crippen LogP contribution in [0, 0.1) is 13.8 Å². The third kappa shape index (κ3) is 7.56. The van der Waals surface area contributed by atoms with Crippen molar-refractivity contribution in [2.45, 2.75) is 40.5 Å². The molecule has 2 aromatic heterocycles. The fourth-order valence-corrected chi connectivity index (χ4v) is 3.66. The van der Waals surface area contributed by atoms with Gasteiger partial charge in [0, 0.05) is 17.6 Å². The fourth-order valence-electron chi connectivity index (χ4n) is 2.79. The van der Waals surface area contributed by atoms with E-state index in [-0.39, 0.29) is 24.0 Å². The summed E-state index contributed by atoms with van der Waals surface area (Å²) in [6.07, 6.45) is 1.77. The molecule has 1 aromatic carbocycles. The lowest BCUT2D eigenvalue weighted by Gasteiger charge is -2.11. The average molecular weight is 537 g/mol. The van der Waals surface area contributed by atoms with Crippen LogP contribution in [0.5, 0.6) is 5.75 Å². The van der Waals surface area contributed by atoms with Crippen LogP contribution in [0.15, 0.2) is 53.7 Å². The number of aliphatic imine (C=N–C) groups is 1. The highest BCUT2D eigenvalue weighted by Crippen LogP contribution is 2.17. The normalized spacial score (nSPS) is 11.0. The first-order chi connectivity index (χ1) is 14.1. The minimum atomic E-state index is 0. The Kier molecular flexibility index (Phi) is 10.0. The summed E-state index contributed by atoms with van der Waals surface area (Å²) in [4.78, 5) is 14.7. The highest BCUT2D eigenvalue weighted by Gasteiger charge is 2.06. The van der Waals surface area contributed by atoms with Gasteiger partial charge in [0.2, 0.25) is 0 Å². The number of hydrogen-bond acceptors (Lipinski definition) is 5. The zero-order valence-electron chi connectivity index (χ0n) is 17.5. The number of benzene rings is 1. The molecule has 0 bridgehead atoms. The number of aromatic nitrogens is 2. The van der Waals surface area contributed by atoms with Crippen LogP contribution in [-0.2, 0) is 19.7 Å². The van der Waals surface area contributed by atoms with Crippen molar-refractivity contribution in [1.29, 1.82) is 0 Å². The standard InChI is InChI=1S/C22H27N5OS.HI/c1-4-23-22(26-14-21-16(2)27-17(3)29-21)25-13-18-8-7-10-20(12-18)28-15-19-9-5-6-11-24-19;/h5-12H,4,13-15H2,1-3H3,(H2,23,25,26);1H. The summed E-state index contributed by atoms with van der Waals surface area (Å²) in [7, 11) is 0. The smallest absolute Gasteiger partial charge is 0.191 e. The lowest BCUT2D eigenvalue weighted by molar-refractivity contribution is 0.301. The Morgan fingerprint density at radius 2 is 2.00 bits per heavy atom. The molecule has 30 heavy (non-hydrogen) atoms.